The van der Waals surface area contributed by atoms with Crippen LogP contribution < -0.4 is 5.01 Å². The second kappa shape index (κ2) is 5.64. The van der Waals surface area contributed by atoms with Gasteiger partial charge in [-0.2, -0.15) is 10.1 Å². The minimum Gasteiger partial charge on any atom is -0.267 e. The molecule has 0 spiro atoms. The van der Waals surface area contributed by atoms with Gasteiger partial charge in [-0.1, -0.05) is 29.3 Å². The highest BCUT2D eigenvalue weighted by atomic mass is 35.5. The molecule has 21 heavy (non-hydrogen) atoms. The Labute approximate surface area is 136 Å². The van der Waals surface area contributed by atoms with Gasteiger partial charge in [0.1, 0.15) is 0 Å². The summed E-state index contributed by atoms with van der Waals surface area (Å²) in [7, 11) is 0. The molecule has 1 aliphatic rings. The maximum atomic E-state index is 12.5. The first kappa shape index (κ1) is 14.3. The molecule has 0 aliphatic carbocycles. The average molecular weight is 337 g/mol. The normalized spacial score (nSPS) is 16.7. The number of rotatable bonds is 2. The number of nitrogens with zero attached hydrogens (tertiary/aromatic N) is 2. The Hall–Kier alpha value is -1.62. The minimum atomic E-state index is -0.181. The molecule has 0 atom stereocenters. The topological polar surface area (TPSA) is 32.7 Å². The van der Waals surface area contributed by atoms with Gasteiger partial charge in [-0.3, -0.25) is 4.79 Å². The number of hydrazone groups is 1. The highest BCUT2D eigenvalue weighted by Gasteiger charge is 2.29. The van der Waals surface area contributed by atoms with Crippen LogP contribution in [0.1, 0.15) is 11.8 Å². The first-order chi connectivity index (χ1) is 10.0. The predicted molar refractivity (Wildman–Crippen MR) is 89.4 cm³/mol. The molecule has 0 saturated carbocycles. The van der Waals surface area contributed by atoms with Crippen LogP contribution in [0.15, 0.2) is 46.4 Å². The van der Waals surface area contributed by atoms with Gasteiger partial charge in [0.15, 0.2) is 0 Å². The third-order valence-corrected chi connectivity index (χ3v) is 4.24. The van der Waals surface area contributed by atoms with Crippen molar-refractivity contribution in [3.63, 3.8) is 0 Å². The minimum absolute atomic E-state index is 0.181. The molecule has 2 aromatic rings. The third kappa shape index (κ3) is 2.88. The number of amides is 1. The van der Waals surface area contributed by atoms with E-state index >= 15 is 0 Å². The molecule has 2 heterocycles. The van der Waals surface area contributed by atoms with Crippen LogP contribution in [-0.2, 0) is 4.79 Å². The Morgan fingerprint density at radius 2 is 1.95 bits per heavy atom. The monoisotopic (exact) mass is 336 g/mol. The van der Waals surface area contributed by atoms with E-state index < -0.39 is 0 Å². The fraction of sp³-hybridized carbons (Fsp3) is 0.0667. The quantitative estimate of drug-likeness (QED) is 0.720. The smallest absolute Gasteiger partial charge is 0.267 e. The summed E-state index contributed by atoms with van der Waals surface area (Å²) in [4.78, 5) is 13.5. The standard InChI is InChI=1S/C15H10Cl2N2OS/c1-9-14(8-13-3-2-4-21-13)15(20)19(18-9)12-6-10(16)5-11(17)7-12/h2-8H,1H3/b14-8-. The lowest BCUT2D eigenvalue weighted by Crippen LogP contribution is -2.21. The van der Waals surface area contributed by atoms with Crippen LogP contribution in [0.5, 0.6) is 0 Å². The molecule has 0 unspecified atom stereocenters. The van der Waals surface area contributed by atoms with Crippen molar-refractivity contribution in [2.45, 2.75) is 6.92 Å². The summed E-state index contributed by atoms with van der Waals surface area (Å²) in [5, 5.41) is 8.53. The Morgan fingerprint density at radius 1 is 1.24 bits per heavy atom. The predicted octanol–water partition coefficient (Wildman–Crippen LogP) is 4.86. The lowest BCUT2D eigenvalue weighted by molar-refractivity contribution is -0.114. The number of benzene rings is 1. The Balaban J connectivity index is 1.99. The van der Waals surface area contributed by atoms with Crippen molar-refractivity contribution in [2.75, 3.05) is 5.01 Å². The van der Waals surface area contributed by atoms with Gasteiger partial charge in [0.25, 0.3) is 5.91 Å². The van der Waals surface area contributed by atoms with E-state index in [0.29, 0.717) is 27.0 Å². The van der Waals surface area contributed by atoms with Gasteiger partial charge in [-0.25, -0.2) is 0 Å². The van der Waals surface area contributed by atoms with Crippen LogP contribution in [0.3, 0.4) is 0 Å². The summed E-state index contributed by atoms with van der Waals surface area (Å²) in [5.74, 6) is -0.181. The lowest BCUT2D eigenvalue weighted by Gasteiger charge is -2.12. The number of thiophene rings is 1. The molecule has 0 saturated heterocycles. The van der Waals surface area contributed by atoms with E-state index in [4.69, 9.17) is 23.2 Å². The van der Waals surface area contributed by atoms with Crippen LogP contribution in [-0.4, -0.2) is 11.6 Å². The second-order valence-electron chi connectivity index (χ2n) is 4.50. The maximum absolute atomic E-state index is 12.5. The highest BCUT2D eigenvalue weighted by molar-refractivity contribution is 7.10. The van der Waals surface area contributed by atoms with Crippen molar-refractivity contribution in [3.8, 4) is 0 Å². The van der Waals surface area contributed by atoms with E-state index in [1.54, 1.807) is 29.5 Å². The van der Waals surface area contributed by atoms with Crippen LogP contribution >= 0.6 is 34.5 Å². The van der Waals surface area contributed by atoms with E-state index in [1.165, 1.54) is 5.01 Å². The number of carbonyl (C=O) groups excluding carboxylic acids is 1. The van der Waals surface area contributed by atoms with Gasteiger partial charge >= 0.3 is 0 Å². The lowest BCUT2D eigenvalue weighted by atomic mass is 10.1. The second-order valence-corrected chi connectivity index (χ2v) is 6.36. The number of halogens is 2. The van der Waals surface area contributed by atoms with Crippen molar-refractivity contribution < 1.29 is 4.79 Å². The number of carbonyl (C=O) groups is 1. The molecule has 0 N–H and O–H groups in total. The maximum Gasteiger partial charge on any atom is 0.280 e. The summed E-state index contributed by atoms with van der Waals surface area (Å²) in [6, 6.07) is 8.84. The van der Waals surface area contributed by atoms with Gasteiger partial charge < -0.3 is 0 Å². The zero-order chi connectivity index (χ0) is 15.0. The average Bonchev–Trinajstić information content (AvgIpc) is 3.01. The summed E-state index contributed by atoms with van der Waals surface area (Å²) >= 11 is 13.5. The molecule has 3 rings (SSSR count). The van der Waals surface area contributed by atoms with Gasteiger partial charge in [0, 0.05) is 14.9 Å². The molecule has 3 nitrogen and oxygen atoms in total. The number of anilines is 1. The molecular weight excluding hydrogens is 327 g/mol. The SMILES string of the molecule is CC1=NN(c2cc(Cl)cc(Cl)c2)C(=O)/C1=C\c1cccs1. The summed E-state index contributed by atoms with van der Waals surface area (Å²) in [5.41, 5.74) is 1.81. The molecular formula is C15H10Cl2N2OS. The molecule has 1 aliphatic heterocycles. The summed E-state index contributed by atoms with van der Waals surface area (Å²) in [6.07, 6.45) is 1.85. The van der Waals surface area contributed by atoms with Crippen molar-refractivity contribution in [2.24, 2.45) is 5.10 Å². The molecule has 6 heteroatoms. The van der Waals surface area contributed by atoms with Gasteiger partial charge in [0.2, 0.25) is 0 Å². The van der Waals surface area contributed by atoms with E-state index in [0.717, 1.165) is 4.88 Å². The van der Waals surface area contributed by atoms with Crippen molar-refractivity contribution in [3.05, 3.63) is 56.2 Å². The molecule has 0 fully saturated rings. The van der Waals surface area contributed by atoms with Gasteiger partial charge in [-0.15, -0.1) is 11.3 Å². The largest absolute Gasteiger partial charge is 0.280 e. The van der Waals surface area contributed by atoms with Crippen molar-refractivity contribution in [1.82, 2.24) is 0 Å². The summed E-state index contributed by atoms with van der Waals surface area (Å²) < 4.78 is 0. The van der Waals surface area contributed by atoms with E-state index in [2.05, 4.69) is 5.10 Å². The van der Waals surface area contributed by atoms with Crippen LogP contribution in [0.2, 0.25) is 10.0 Å². The Kier molecular flexibility index (Phi) is 3.85. The molecule has 0 bridgehead atoms. The van der Waals surface area contributed by atoms with Gasteiger partial charge in [0.05, 0.1) is 17.0 Å². The van der Waals surface area contributed by atoms with E-state index in [9.17, 15) is 4.79 Å². The van der Waals surface area contributed by atoms with Crippen molar-refractivity contribution in [1.29, 1.82) is 0 Å². The van der Waals surface area contributed by atoms with Crippen LogP contribution in [0.25, 0.3) is 6.08 Å². The van der Waals surface area contributed by atoms with E-state index in [1.807, 2.05) is 30.5 Å². The van der Waals surface area contributed by atoms with Crippen LogP contribution in [0.4, 0.5) is 5.69 Å². The van der Waals surface area contributed by atoms with Gasteiger partial charge in [-0.05, 0) is 42.6 Å². The van der Waals surface area contributed by atoms with E-state index in [-0.39, 0.29) is 5.91 Å². The summed E-state index contributed by atoms with van der Waals surface area (Å²) in [6.45, 7) is 1.81. The Morgan fingerprint density at radius 3 is 2.57 bits per heavy atom. The van der Waals surface area contributed by atoms with Crippen LogP contribution in [0, 0.1) is 0 Å². The molecule has 1 aromatic heterocycles. The molecule has 0 radical (unpaired) electrons. The zero-order valence-electron chi connectivity index (χ0n) is 11.0. The fourth-order valence-corrected chi connectivity index (χ4v) is 3.21. The fourth-order valence-electron chi connectivity index (χ4n) is 2.04. The Bertz CT molecular complexity index is 746. The first-order valence-electron chi connectivity index (χ1n) is 6.16. The molecule has 1 amide bonds. The zero-order valence-corrected chi connectivity index (χ0v) is 13.3. The number of hydrogen-bond acceptors (Lipinski definition) is 3. The third-order valence-electron chi connectivity index (χ3n) is 2.98. The molecule has 106 valence electrons. The highest BCUT2D eigenvalue weighted by Crippen LogP contribution is 2.30. The molecule has 1 aromatic carbocycles. The van der Waals surface area contributed by atoms with Crippen molar-refractivity contribution >= 4 is 57.9 Å². The first-order valence-corrected chi connectivity index (χ1v) is 7.79. The number of hydrogen-bond donors (Lipinski definition) is 0.